The summed E-state index contributed by atoms with van der Waals surface area (Å²) in [4.78, 5) is 11.5. The standard InChI is InChI=1S/C27H31NO4/c1-18(2)32-26-16-23(13-14-24(26)27(30)31)21-11-9-20(10-12-21)15-19(3)28-17-25(29)22-7-5-4-6-8-22/h4-14,16,18-19,25,28-29H,15,17H2,1-3H3,(H,30,31)/t19-,25-/m0/s1. The fourth-order valence-electron chi connectivity index (χ4n) is 3.59. The second-order valence-electron chi connectivity index (χ2n) is 8.32. The molecule has 0 saturated heterocycles. The monoisotopic (exact) mass is 433 g/mol. The van der Waals surface area contributed by atoms with Crippen LogP contribution in [0.3, 0.4) is 0 Å². The molecule has 32 heavy (non-hydrogen) atoms. The maximum Gasteiger partial charge on any atom is 0.339 e. The molecule has 5 nitrogen and oxygen atoms in total. The van der Waals surface area contributed by atoms with Crippen molar-refractivity contribution in [3.63, 3.8) is 0 Å². The average molecular weight is 434 g/mol. The lowest BCUT2D eigenvalue weighted by Crippen LogP contribution is -2.32. The largest absolute Gasteiger partial charge is 0.490 e. The molecular weight excluding hydrogens is 402 g/mol. The average Bonchev–Trinajstić information content (AvgIpc) is 2.78. The Labute approximate surface area is 189 Å². The zero-order valence-corrected chi connectivity index (χ0v) is 18.8. The normalized spacial score (nSPS) is 13.0. The molecule has 0 aromatic heterocycles. The molecular formula is C27H31NO4. The quantitative estimate of drug-likeness (QED) is 0.415. The summed E-state index contributed by atoms with van der Waals surface area (Å²) in [6, 6.07) is 23.3. The molecule has 3 N–H and O–H groups in total. The van der Waals surface area contributed by atoms with Gasteiger partial charge in [-0.1, -0.05) is 60.7 Å². The number of rotatable bonds is 10. The van der Waals surface area contributed by atoms with Crippen molar-refractivity contribution in [1.29, 1.82) is 0 Å². The van der Waals surface area contributed by atoms with Crippen LogP contribution in [-0.2, 0) is 6.42 Å². The van der Waals surface area contributed by atoms with Crippen molar-refractivity contribution in [2.75, 3.05) is 6.54 Å². The van der Waals surface area contributed by atoms with Crippen LogP contribution in [0.25, 0.3) is 11.1 Å². The number of nitrogens with one attached hydrogen (secondary N) is 1. The van der Waals surface area contributed by atoms with Gasteiger partial charge in [0.25, 0.3) is 0 Å². The van der Waals surface area contributed by atoms with Crippen molar-refractivity contribution < 1.29 is 19.7 Å². The minimum atomic E-state index is -0.999. The number of aliphatic hydroxyl groups excluding tert-OH is 1. The molecule has 2 atom stereocenters. The molecule has 0 heterocycles. The lowest BCUT2D eigenvalue weighted by atomic mass is 9.99. The summed E-state index contributed by atoms with van der Waals surface area (Å²) in [7, 11) is 0. The van der Waals surface area contributed by atoms with Gasteiger partial charge in [0, 0.05) is 12.6 Å². The minimum Gasteiger partial charge on any atom is -0.490 e. The number of carbonyl (C=O) groups is 1. The van der Waals surface area contributed by atoms with Gasteiger partial charge in [0.2, 0.25) is 0 Å². The number of ether oxygens (including phenoxy) is 1. The van der Waals surface area contributed by atoms with Crippen LogP contribution >= 0.6 is 0 Å². The van der Waals surface area contributed by atoms with Gasteiger partial charge >= 0.3 is 5.97 Å². The summed E-state index contributed by atoms with van der Waals surface area (Å²) in [5.41, 5.74) is 4.17. The van der Waals surface area contributed by atoms with E-state index in [0.717, 1.165) is 23.1 Å². The first-order chi connectivity index (χ1) is 15.3. The van der Waals surface area contributed by atoms with Crippen molar-refractivity contribution in [1.82, 2.24) is 5.32 Å². The third-order valence-electron chi connectivity index (χ3n) is 5.25. The van der Waals surface area contributed by atoms with Crippen LogP contribution < -0.4 is 10.1 Å². The molecule has 3 rings (SSSR count). The van der Waals surface area contributed by atoms with Crippen LogP contribution in [-0.4, -0.2) is 34.9 Å². The molecule has 0 aliphatic carbocycles. The van der Waals surface area contributed by atoms with E-state index in [0.29, 0.717) is 12.3 Å². The Morgan fingerprint density at radius 1 is 0.938 bits per heavy atom. The fraction of sp³-hybridized carbons (Fsp3) is 0.296. The fourth-order valence-corrected chi connectivity index (χ4v) is 3.59. The number of carboxylic acid groups (broad SMARTS) is 1. The number of aliphatic hydroxyl groups is 1. The molecule has 0 radical (unpaired) electrons. The first kappa shape index (κ1) is 23.5. The Hall–Kier alpha value is -3.15. The van der Waals surface area contributed by atoms with E-state index >= 15 is 0 Å². The second-order valence-corrected chi connectivity index (χ2v) is 8.32. The lowest BCUT2D eigenvalue weighted by molar-refractivity contribution is 0.0690. The SMILES string of the molecule is CC(C)Oc1cc(-c2ccc(C[C@H](C)NC[C@H](O)c3ccccc3)cc2)ccc1C(=O)O. The molecule has 3 aromatic carbocycles. The van der Waals surface area contributed by atoms with Gasteiger partial charge in [-0.2, -0.15) is 0 Å². The number of aromatic carboxylic acids is 1. The van der Waals surface area contributed by atoms with Gasteiger partial charge in [0.1, 0.15) is 11.3 Å². The summed E-state index contributed by atoms with van der Waals surface area (Å²) in [6.07, 6.45) is 0.193. The summed E-state index contributed by atoms with van der Waals surface area (Å²) >= 11 is 0. The Morgan fingerprint density at radius 2 is 1.59 bits per heavy atom. The highest BCUT2D eigenvalue weighted by Crippen LogP contribution is 2.29. The molecule has 0 spiro atoms. The van der Waals surface area contributed by atoms with Crippen LogP contribution in [0.5, 0.6) is 5.75 Å². The van der Waals surface area contributed by atoms with Gasteiger partial charge in [0.15, 0.2) is 0 Å². The van der Waals surface area contributed by atoms with E-state index in [1.807, 2.05) is 56.3 Å². The first-order valence-electron chi connectivity index (χ1n) is 10.9. The smallest absolute Gasteiger partial charge is 0.339 e. The predicted molar refractivity (Wildman–Crippen MR) is 127 cm³/mol. The van der Waals surface area contributed by atoms with Crippen molar-refractivity contribution in [3.05, 3.63) is 89.5 Å². The molecule has 0 amide bonds. The topological polar surface area (TPSA) is 78.8 Å². The highest BCUT2D eigenvalue weighted by molar-refractivity contribution is 5.92. The highest BCUT2D eigenvalue weighted by atomic mass is 16.5. The first-order valence-corrected chi connectivity index (χ1v) is 10.9. The van der Waals surface area contributed by atoms with Crippen molar-refractivity contribution in [3.8, 4) is 16.9 Å². The third kappa shape index (κ3) is 6.42. The van der Waals surface area contributed by atoms with Crippen LogP contribution in [0.2, 0.25) is 0 Å². The maximum absolute atomic E-state index is 11.5. The predicted octanol–water partition coefficient (Wildman–Crippen LogP) is 5.09. The van der Waals surface area contributed by atoms with E-state index in [9.17, 15) is 15.0 Å². The van der Waals surface area contributed by atoms with E-state index in [1.54, 1.807) is 18.2 Å². The van der Waals surface area contributed by atoms with Crippen LogP contribution in [0.4, 0.5) is 0 Å². The molecule has 0 fully saturated rings. The highest BCUT2D eigenvalue weighted by Gasteiger charge is 2.14. The summed E-state index contributed by atoms with van der Waals surface area (Å²) in [5.74, 6) is -0.620. The van der Waals surface area contributed by atoms with Crippen LogP contribution in [0.15, 0.2) is 72.8 Å². The Balaban J connectivity index is 1.62. The van der Waals surface area contributed by atoms with Crippen molar-refractivity contribution in [2.24, 2.45) is 0 Å². The lowest BCUT2D eigenvalue weighted by Gasteiger charge is -2.18. The van der Waals surface area contributed by atoms with Crippen molar-refractivity contribution in [2.45, 2.75) is 45.4 Å². The van der Waals surface area contributed by atoms with Crippen molar-refractivity contribution >= 4 is 5.97 Å². The van der Waals surface area contributed by atoms with Crippen LogP contribution in [0.1, 0.15) is 48.4 Å². The van der Waals surface area contributed by atoms with Gasteiger partial charge in [-0.25, -0.2) is 4.79 Å². The van der Waals surface area contributed by atoms with E-state index < -0.39 is 12.1 Å². The molecule has 0 aliphatic heterocycles. The van der Waals surface area contributed by atoms with Gasteiger partial charge in [-0.15, -0.1) is 0 Å². The van der Waals surface area contributed by atoms with Crippen LogP contribution in [0, 0.1) is 0 Å². The van der Waals surface area contributed by atoms with Gasteiger partial charge < -0.3 is 20.3 Å². The summed E-state index contributed by atoms with van der Waals surface area (Å²) < 4.78 is 5.71. The number of benzene rings is 3. The second kappa shape index (κ2) is 10.9. The minimum absolute atomic E-state index is 0.111. The molecule has 0 unspecified atom stereocenters. The Kier molecular flexibility index (Phi) is 8.03. The zero-order valence-electron chi connectivity index (χ0n) is 18.8. The summed E-state index contributed by atoms with van der Waals surface area (Å²) in [5, 5.41) is 23.1. The molecule has 0 saturated carbocycles. The van der Waals surface area contributed by atoms with Gasteiger partial charge in [-0.05, 0) is 61.6 Å². The molecule has 0 bridgehead atoms. The van der Waals surface area contributed by atoms with E-state index in [-0.39, 0.29) is 17.7 Å². The van der Waals surface area contributed by atoms with Gasteiger partial charge in [0.05, 0.1) is 12.2 Å². The number of hydrogen-bond donors (Lipinski definition) is 3. The van der Waals surface area contributed by atoms with E-state index in [4.69, 9.17) is 4.74 Å². The molecule has 168 valence electrons. The summed E-state index contributed by atoms with van der Waals surface area (Å²) in [6.45, 7) is 6.35. The zero-order chi connectivity index (χ0) is 23.1. The third-order valence-corrected chi connectivity index (χ3v) is 5.25. The Bertz CT molecular complexity index is 1020. The molecule has 5 heteroatoms. The van der Waals surface area contributed by atoms with E-state index in [1.165, 1.54) is 5.56 Å². The number of carboxylic acids is 1. The molecule has 0 aliphatic rings. The van der Waals surface area contributed by atoms with E-state index in [2.05, 4.69) is 24.4 Å². The molecule has 3 aromatic rings. The Morgan fingerprint density at radius 3 is 2.22 bits per heavy atom. The maximum atomic E-state index is 11.5. The van der Waals surface area contributed by atoms with Gasteiger partial charge in [-0.3, -0.25) is 0 Å². The number of hydrogen-bond acceptors (Lipinski definition) is 4.